The second-order valence-electron chi connectivity index (χ2n) is 2.95. The minimum atomic E-state index is 0.00343. The van der Waals surface area contributed by atoms with E-state index in [4.69, 9.17) is 29.0 Å². The molecule has 0 aliphatic heterocycles. The van der Waals surface area contributed by atoms with Crippen LogP contribution in [0.5, 0.6) is 0 Å². The number of nitrogens with two attached hydrogens (primary N) is 1. The molecule has 3 N–H and O–H groups in total. The maximum absolute atomic E-state index is 5.87. The normalized spacial score (nSPS) is 12.5. The van der Waals surface area contributed by atoms with Gasteiger partial charge in [-0.3, -0.25) is 11.3 Å². The first kappa shape index (κ1) is 11.5. The number of halogens is 2. The van der Waals surface area contributed by atoms with Crippen molar-refractivity contribution in [1.29, 1.82) is 0 Å². The van der Waals surface area contributed by atoms with E-state index in [0.29, 0.717) is 10.0 Å². The van der Waals surface area contributed by atoms with Crippen LogP contribution in [0.2, 0.25) is 10.0 Å². The first-order valence-electron chi connectivity index (χ1n) is 4.20. The zero-order chi connectivity index (χ0) is 10.6. The highest BCUT2D eigenvalue weighted by Crippen LogP contribution is 2.24. The average molecular weight is 231 g/mol. The fraction of sp³-hybridized carbons (Fsp3) is 0.200. The fourth-order valence-corrected chi connectivity index (χ4v) is 1.79. The number of nitrogens with one attached hydrogen (secondary N) is 1. The molecule has 0 saturated heterocycles. The van der Waals surface area contributed by atoms with Crippen molar-refractivity contribution in [1.82, 2.24) is 5.43 Å². The third-order valence-electron chi connectivity index (χ3n) is 1.89. The van der Waals surface area contributed by atoms with Gasteiger partial charge >= 0.3 is 0 Å². The second kappa shape index (κ2) is 5.37. The van der Waals surface area contributed by atoms with Gasteiger partial charge in [0.2, 0.25) is 0 Å². The molecule has 0 radical (unpaired) electrons. The summed E-state index contributed by atoms with van der Waals surface area (Å²) in [7, 11) is 0. The molecule has 0 amide bonds. The molecule has 0 aliphatic rings. The van der Waals surface area contributed by atoms with Crippen LogP contribution >= 0.6 is 23.2 Å². The van der Waals surface area contributed by atoms with E-state index in [2.05, 4.69) is 12.0 Å². The average Bonchev–Trinajstić information content (AvgIpc) is 2.12. The van der Waals surface area contributed by atoms with E-state index < -0.39 is 0 Å². The van der Waals surface area contributed by atoms with Crippen molar-refractivity contribution < 1.29 is 0 Å². The van der Waals surface area contributed by atoms with Crippen molar-refractivity contribution in [2.45, 2.75) is 12.5 Å². The molecule has 0 aromatic heterocycles. The molecule has 0 spiro atoms. The van der Waals surface area contributed by atoms with E-state index in [1.165, 1.54) is 0 Å². The first-order valence-corrected chi connectivity index (χ1v) is 4.96. The topological polar surface area (TPSA) is 38.0 Å². The van der Waals surface area contributed by atoms with Crippen molar-refractivity contribution in [3.05, 3.63) is 46.5 Å². The van der Waals surface area contributed by atoms with Gasteiger partial charge in [-0.05, 0) is 30.2 Å². The molecule has 0 heterocycles. The van der Waals surface area contributed by atoms with Gasteiger partial charge < -0.3 is 0 Å². The summed E-state index contributed by atoms with van der Waals surface area (Å²) in [4.78, 5) is 0. The Labute approximate surface area is 93.7 Å². The van der Waals surface area contributed by atoms with E-state index in [9.17, 15) is 0 Å². The summed E-state index contributed by atoms with van der Waals surface area (Å²) < 4.78 is 0. The predicted molar refractivity (Wildman–Crippen MR) is 61.3 cm³/mol. The van der Waals surface area contributed by atoms with Crippen molar-refractivity contribution in [3.63, 3.8) is 0 Å². The Hall–Kier alpha value is -0.540. The van der Waals surface area contributed by atoms with E-state index >= 15 is 0 Å². The Kier molecular flexibility index (Phi) is 4.42. The number of benzene rings is 1. The predicted octanol–water partition coefficient (Wildman–Crippen LogP) is 3.07. The molecule has 1 aromatic carbocycles. The van der Waals surface area contributed by atoms with E-state index in [1.807, 2.05) is 12.1 Å². The minimum absolute atomic E-state index is 0.00343. The summed E-state index contributed by atoms with van der Waals surface area (Å²) in [5.74, 6) is 5.41. The highest BCUT2D eigenvalue weighted by atomic mass is 35.5. The van der Waals surface area contributed by atoms with Crippen LogP contribution in [-0.4, -0.2) is 0 Å². The van der Waals surface area contributed by atoms with Gasteiger partial charge in [0.25, 0.3) is 0 Å². The summed E-state index contributed by atoms with van der Waals surface area (Å²) in [6.45, 7) is 3.66. The lowest BCUT2D eigenvalue weighted by molar-refractivity contribution is 0.561. The lowest BCUT2D eigenvalue weighted by atomic mass is 10.0. The van der Waals surface area contributed by atoms with Gasteiger partial charge in [-0.2, -0.15) is 0 Å². The molecule has 0 fully saturated rings. The fourth-order valence-electron chi connectivity index (χ4n) is 1.24. The smallest absolute Gasteiger partial charge is 0.0495 e. The molecular formula is C10H12Cl2N2. The highest BCUT2D eigenvalue weighted by molar-refractivity contribution is 6.34. The van der Waals surface area contributed by atoms with Crippen LogP contribution in [0.3, 0.4) is 0 Å². The maximum Gasteiger partial charge on any atom is 0.0495 e. The number of hydrogen-bond acceptors (Lipinski definition) is 2. The van der Waals surface area contributed by atoms with Crippen LogP contribution < -0.4 is 11.3 Å². The zero-order valence-corrected chi connectivity index (χ0v) is 9.15. The Morgan fingerprint density at radius 3 is 2.36 bits per heavy atom. The molecule has 4 heteroatoms. The molecule has 1 atom stereocenters. The molecule has 14 heavy (non-hydrogen) atoms. The van der Waals surface area contributed by atoms with Gasteiger partial charge in [0.15, 0.2) is 0 Å². The van der Waals surface area contributed by atoms with Gasteiger partial charge in [0.05, 0.1) is 0 Å². The van der Waals surface area contributed by atoms with E-state index in [-0.39, 0.29) is 6.04 Å². The Morgan fingerprint density at radius 2 is 1.93 bits per heavy atom. The Morgan fingerprint density at radius 1 is 1.36 bits per heavy atom. The van der Waals surface area contributed by atoms with Crippen LogP contribution in [-0.2, 0) is 0 Å². The summed E-state index contributed by atoms with van der Waals surface area (Å²) in [5, 5.41) is 1.22. The standard InChI is InChI=1S/C10H12Cl2N2/c1-2-3-10(14-13)7-4-8(11)6-9(12)5-7/h2,4-6,10,14H,1,3,13H2. The molecule has 0 aliphatic carbocycles. The Balaban J connectivity index is 2.96. The molecule has 0 saturated carbocycles. The number of rotatable bonds is 4. The monoisotopic (exact) mass is 230 g/mol. The highest BCUT2D eigenvalue weighted by Gasteiger charge is 2.08. The minimum Gasteiger partial charge on any atom is -0.271 e. The third-order valence-corrected chi connectivity index (χ3v) is 2.33. The molecule has 1 rings (SSSR count). The molecule has 1 unspecified atom stereocenters. The van der Waals surface area contributed by atoms with Crippen LogP contribution in [0.4, 0.5) is 0 Å². The third kappa shape index (κ3) is 3.00. The molecule has 0 bridgehead atoms. The lowest BCUT2D eigenvalue weighted by Gasteiger charge is -2.14. The summed E-state index contributed by atoms with van der Waals surface area (Å²) in [5.41, 5.74) is 3.65. The molecule has 1 aromatic rings. The van der Waals surface area contributed by atoms with Crippen molar-refractivity contribution in [2.24, 2.45) is 5.84 Å². The zero-order valence-electron chi connectivity index (χ0n) is 7.63. The summed E-state index contributed by atoms with van der Waals surface area (Å²) in [6.07, 6.45) is 2.52. The second-order valence-corrected chi connectivity index (χ2v) is 3.82. The molecule has 76 valence electrons. The lowest BCUT2D eigenvalue weighted by Crippen LogP contribution is -2.27. The van der Waals surface area contributed by atoms with Crippen molar-refractivity contribution in [3.8, 4) is 0 Å². The molecular weight excluding hydrogens is 219 g/mol. The summed E-state index contributed by atoms with van der Waals surface area (Å²) in [6, 6.07) is 5.36. The van der Waals surface area contributed by atoms with Crippen molar-refractivity contribution >= 4 is 23.2 Å². The van der Waals surface area contributed by atoms with Crippen LogP contribution in [0.25, 0.3) is 0 Å². The SMILES string of the molecule is C=CCC(NN)c1cc(Cl)cc(Cl)c1. The molecule has 2 nitrogen and oxygen atoms in total. The number of hydrogen-bond donors (Lipinski definition) is 2. The van der Waals surface area contributed by atoms with Gasteiger partial charge in [-0.15, -0.1) is 6.58 Å². The van der Waals surface area contributed by atoms with E-state index in [0.717, 1.165) is 12.0 Å². The van der Waals surface area contributed by atoms with Crippen LogP contribution in [0.15, 0.2) is 30.9 Å². The number of hydrazine groups is 1. The van der Waals surface area contributed by atoms with Gasteiger partial charge in [-0.1, -0.05) is 29.3 Å². The largest absolute Gasteiger partial charge is 0.271 e. The van der Waals surface area contributed by atoms with Crippen LogP contribution in [0, 0.1) is 0 Å². The van der Waals surface area contributed by atoms with Gasteiger partial charge in [-0.25, -0.2) is 0 Å². The van der Waals surface area contributed by atoms with Crippen molar-refractivity contribution in [2.75, 3.05) is 0 Å². The summed E-state index contributed by atoms with van der Waals surface area (Å²) >= 11 is 11.7. The van der Waals surface area contributed by atoms with Gasteiger partial charge in [0.1, 0.15) is 0 Å². The van der Waals surface area contributed by atoms with E-state index in [1.54, 1.807) is 12.1 Å². The maximum atomic E-state index is 5.87. The van der Waals surface area contributed by atoms with Gasteiger partial charge in [0, 0.05) is 16.1 Å². The quantitative estimate of drug-likeness (QED) is 0.474. The first-order chi connectivity index (χ1) is 6.67. The van der Waals surface area contributed by atoms with Crippen LogP contribution in [0.1, 0.15) is 18.0 Å². The Bertz CT molecular complexity index is 306.